The third kappa shape index (κ3) is 6.72. The predicted molar refractivity (Wildman–Crippen MR) is 117 cm³/mol. The van der Waals surface area contributed by atoms with Gasteiger partial charge in [0.2, 0.25) is 5.91 Å². The van der Waals surface area contributed by atoms with Crippen molar-refractivity contribution in [2.24, 2.45) is 0 Å². The number of carbonyl (C=O) groups excluding carboxylic acids is 2. The molecule has 0 bridgehead atoms. The fraction of sp³-hybridized carbons (Fsp3) is 0.417. The lowest BCUT2D eigenvalue weighted by Crippen LogP contribution is -2.50. The van der Waals surface area contributed by atoms with E-state index in [1.165, 1.54) is 4.90 Å². The minimum Gasteiger partial charge on any atom is -0.497 e. The third-order valence-electron chi connectivity index (χ3n) is 5.31. The molecule has 2 amide bonds. The van der Waals surface area contributed by atoms with Gasteiger partial charge >= 0.3 is 0 Å². The summed E-state index contributed by atoms with van der Waals surface area (Å²) in [5.41, 5.74) is 0.896. The van der Waals surface area contributed by atoms with E-state index >= 15 is 0 Å². The first kappa shape index (κ1) is 22.6. The lowest BCUT2D eigenvalue weighted by molar-refractivity contribution is -0.142. The Hall–Kier alpha value is -3.06. The first-order chi connectivity index (χ1) is 15.1. The highest BCUT2D eigenvalue weighted by Crippen LogP contribution is 2.16. The Balaban J connectivity index is 1.66. The molecule has 1 heterocycles. The Bertz CT molecular complexity index is 835. The van der Waals surface area contributed by atoms with Crippen LogP contribution in [-0.2, 0) is 20.9 Å². The molecule has 31 heavy (non-hydrogen) atoms. The molecule has 3 rings (SSSR count). The molecule has 2 atom stereocenters. The molecule has 1 saturated heterocycles. The van der Waals surface area contributed by atoms with E-state index < -0.39 is 6.04 Å². The number of carbonyl (C=O) groups is 2. The number of rotatable bonds is 10. The van der Waals surface area contributed by atoms with Crippen molar-refractivity contribution in [1.82, 2.24) is 10.2 Å². The monoisotopic (exact) mass is 426 g/mol. The van der Waals surface area contributed by atoms with E-state index in [1.807, 2.05) is 42.5 Å². The molecule has 2 aromatic carbocycles. The van der Waals surface area contributed by atoms with Crippen molar-refractivity contribution in [2.45, 2.75) is 38.5 Å². The molecule has 0 unspecified atom stereocenters. The zero-order valence-corrected chi connectivity index (χ0v) is 18.1. The first-order valence-electron chi connectivity index (χ1n) is 10.6. The second kappa shape index (κ2) is 11.4. The largest absolute Gasteiger partial charge is 0.497 e. The summed E-state index contributed by atoms with van der Waals surface area (Å²) >= 11 is 0. The molecule has 1 aliphatic rings. The molecule has 1 N–H and O–H groups in total. The zero-order valence-electron chi connectivity index (χ0n) is 18.1. The molecule has 1 aliphatic heterocycles. The van der Waals surface area contributed by atoms with Crippen LogP contribution in [0.4, 0.5) is 0 Å². The molecule has 1 fully saturated rings. The highest BCUT2D eigenvalue weighted by molar-refractivity contribution is 5.88. The number of para-hydroxylation sites is 1. The first-order valence-corrected chi connectivity index (χ1v) is 10.6. The summed E-state index contributed by atoms with van der Waals surface area (Å²) in [5, 5.41) is 2.92. The molecule has 0 aliphatic carbocycles. The fourth-order valence-corrected chi connectivity index (χ4v) is 3.42. The van der Waals surface area contributed by atoms with Gasteiger partial charge in [-0.1, -0.05) is 30.3 Å². The predicted octanol–water partition coefficient (Wildman–Crippen LogP) is 2.79. The maximum atomic E-state index is 13.0. The van der Waals surface area contributed by atoms with Gasteiger partial charge in [-0.2, -0.15) is 0 Å². The van der Waals surface area contributed by atoms with Gasteiger partial charge in [0.1, 0.15) is 17.5 Å². The van der Waals surface area contributed by atoms with Gasteiger partial charge in [0.25, 0.3) is 5.91 Å². The Morgan fingerprint density at radius 2 is 1.87 bits per heavy atom. The fourth-order valence-electron chi connectivity index (χ4n) is 3.42. The number of methoxy groups -OCH3 is 1. The summed E-state index contributed by atoms with van der Waals surface area (Å²) in [7, 11) is 1.60. The highest BCUT2D eigenvalue weighted by Gasteiger charge is 2.27. The normalized spacial score (nSPS) is 16.4. The Kier molecular flexibility index (Phi) is 8.29. The molecule has 7 heteroatoms. The van der Waals surface area contributed by atoms with Gasteiger partial charge in [-0.3, -0.25) is 9.59 Å². The maximum Gasteiger partial charge on any atom is 0.261 e. The van der Waals surface area contributed by atoms with Crippen LogP contribution in [0.25, 0.3) is 0 Å². The van der Waals surface area contributed by atoms with Crippen LogP contribution in [0.1, 0.15) is 25.3 Å². The lowest BCUT2D eigenvalue weighted by atomic mass is 10.1. The van der Waals surface area contributed by atoms with E-state index in [4.69, 9.17) is 14.2 Å². The van der Waals surface area contributed by atoms with Gasteiger partial charge in [-0.15, -0.1) is 0 Å². The van der Waals surface area contributed by atoms with Crippen molar-refractivity contribution < 1.29 is 23.8 Å². The van der Waals surface area contributed by atoms with Crippen molar-refractivity contribution in [2.75, 3.05) is 26.9 Å². The van der Waals surface area contributed by atoms with Crippen molar-refractivity contribution in [3.8, 4) is 11.5 Å². The van der Waals surface area contributed by atoms with Crippen LogP contribution >= 0.6 is 0 Å². The van der Waals surface area contributed by atoms with Gasteiger partial charge in [-0.05, 0) is 49.6 Å². The molecule has 2 aromatic rings. The number of benzene rings is 2. The summed E-state index contributed by atoms with van der Waals surface area (Å²) < 4.78 is 16.4. The van der Waals surface area contributed by atoms with E-state index in [0.29, 0.717) is 12.3 Å². The lowest BCUT2D eigenvalue weighted by Gasteiger charge is -2.29. The van der Waals surface area contributed by atoms with Crippen molar-refractivity contribution >= 4 is 11.8 Å². The average Bonchev–Trinajstić information content (AvgIpc) is 3.34. The quantitative estimate of drug-likeness (QED) is 0.632. The summed E-state index contributed by atoms with van der Waals surface area (Å²) in [6, 6.07) is 15.9. The SMILES string of the molecule is COc1ccc(CN(C(=O)COc2ccccc2)[C@@H](C)C(=O)NC[C@@H]2CCCO2)cc1. The number of ether oxygens (including phenoxy) is 3. The van der Waals surface area contributed by atoms with E-state index in [-0.39, 0.29) is 31.1 Å². The molecular formula is C24H30N2O5. The van der Waals surface area contributed by atoms with E-state index in [2.05, 4.69) is 5.32 Å². The zero-order chi connectivity index (χ0) is 22.1. The number of hydrogen-bond donors (Lipinski definition) is 1. The van der Waals surface area contributed by atoms with Gasteiger partial charge in [0.15, 0.2) is 6.61 Å². The maximum absolute atomic E-state index is 13.0. The summed E-state index contributed by atoms with van der Waals surface area (Å²) in [5.74, 6) is 0.864. The molecule has 0 aromatic heterocycles. The second-order valence-electron chi connectivity index (χ2n) is 7.53. The van der Waals surface area contributed by atoms with Gasteiger partial charge in [-0.25, -0.2) is 0 Å². The van der Waals surface area contributed by atoms with Gasteiger partial charge < -0.3 is 24.4 Å². The van der Waals surface area contributed by atoms with Gasteiger partial charge in [0.05, 0.1) is 13.2 Å². The van der Waals surface area contributed by atoms with Crippen molar-refractivity contribution in [3.63, 3.8) is 0 Å². The van der Waals surface area contributed by atoms with Crippen molar-refractivity contribution in [3.05, 3.63) is 60.2 Å². The van der Waals surface area contributed by atoms with E-state index in [9.17, 15) is 9.59 Å². The Morgan fingerprint density at radius 3 is 2.52 bits per heavy atom. The number of amides is 2. The van der Waals surface area contributed by atoms with E-state index in [0.717, 1.165) is 30.8 Å². The molecule has 0 saturated carbocycles. The average molecular weight is 427 g/mol. The number of nitrogens with zero attached hydrogens (tertiary/aromatic N) is 1. The number of hydrogen-bond acceptors (Lipinski definition) is 5. The molecular weight excluding hydrogens is 396 g/mol. The van der Waals surface area contributed by atoms with Crippen LogP contribution in [0.2, 0.25) is 0 Å². The molecule has 0 spiro atoms. The second-order valence-corrected chi connectivity index (χ2v) is 7.53. The third-order valence-corrected chi connectivity index (χ3v) is 5.31. The molecule has 7 nitrogen and oxygen atoms in total. The van der Waals surface area contributed by atoms with Crippen LogP contribution in [0.5, 0.6) is 11.5 Å². The molecule has 166 valence electrons. The minimum absolute atomic E-state index is 0.0447. The van der Waals surface area contributed by atoms with Crippen LogP contribution in [0, 0.1) is 0 Å². The van der Waals surface area contributed by atoms with Crippen LogP contribution in [0.15, 0.2) is 54.6 Å². The summed E-state index contributed by atoms with van der Waals surface area (Å²) in [6.45, 7) is 3.05. The topological polar surface area (TPSA) is 77.1 Å². The number of nitrogens with one attached hydrogen (secondary N) is 1. The standard InChI is InChI=1S/C24H30N2O5/c1-18(24(28)25-15-22-9-6-14-30-22)26(16-19-10-12-20(29-2)13-11-19)23(27)17-31-21-7-4-3-5-8-21/h3-5,7-8,10-13,18,22H,6,9,14-17H2,1-2H3,(H,25,28)/t18-,22-/m0/s1. The van der Waals surface area contributed by atoms with Gasteiger partial charge in [0, 0.05) is 19.7 Å². The van der Waals surface area contributed by atoms with Crippen LogP contribution < -0.4 is 14.8 Å². The summed E-state index contributed by atoms with van der Waals surface area (Å²) in [4.78, 5) is 27.3. The minimum atomic E-state index is -0.657. The van der Waals surface area contributed by atoms with E-state index in [1.54, 1.807) is 26.2 Å². The Labute approximate surface area is 183 Å². The van der Waals surface area contributed by atoms with Crippen LogP contribution in [0.3, 0.4) is 0 Å². The summed E-state index contributed by atoms with van der Waals surface area (Å²) in [6.07, 6.45) is 1.99. The Morgan fingerprint density at radius 1 is 1.13 bits per heavy atom. The van der Waals surface area contributed by atoms with Crippen molar-refractivity contribution in [1.29, 1.82) is 0 Å². The van der Waals surface area contributed by atoms with Crippen LogP contribution in [-0.4, -0.2) is 55.7 Å². The smallest absolute Gasteiger partial charge is 0.261 e. The molecule has 0 radical (unpaired) electrons. The highest BCUT2D eigenvalue weighted by atomic mass is 16.5.